The van der Waals surface area contributed by atoms with Gasteiger partial charge in [0.25, 0.3) is 0 Å². The number of rotatable bonds is 3. The molecule has 5 rings (SSSR count). The van der Waals surface area contributed by atoms with Crippen molar-refractivity contribution < 1.29 is 19.0 Å². The summed E-state index contributed by atoms with van der Waals surface area (Å²) >= 11 is 0. The number of aromatic nitrogens is 1. The average Bonchev–Trinajstić information content (AvgIpc) is 2.79. The van der Waals surface area contributed by atoms with Crippen LogP contribution in [0.15, 0.2) is 66.9 Å². The molecule has 4 heteroatoms. The van der Waals surface area contributed by atoms with Crippen molar-refractivity contribution in [2.24, 2.45) is 0 Å². The van der Waals surface area contributed by atoms with Crippen LogP contribution in [0.25, 0.3) is 38.2 Å². The maximum absolute atomic E-state index is 11.2. The van der Waals surface area contributed by atoms with Gasteiger partial charge in [-0.05, 0) is 71.6 Å². The van der Waals surface area contributed by atoms with Gasteiger partial charge in [-0.25, -0.2) is 4.79 Å². The van der Waals surface area contributed by atoms with E-state index in [9.17, 15) is 9.90 Å². The predicted molar refractivity (Wildman–Crippen MR) is 128 cm³/mol. The van der Waals surface area contributed by atoms with Gasteiger partial charge in [0.05, 0.1) is 18.1 Å². The maximum atomic E-state index is 11.2. The lowest BCUT2D eigenvalue weighted by molar-refractivity contribution is -0.516. The van der Waals surface area contributed by atoms with Gasteiger partial charge in [0.2, 0.25) is 5.52 Å². The molecule has 0 spiro atoms. The number of pyridine rings is 2. The molecule has 0 aliphatic heterocycles. The standard InChI is InChI=1S/C28H23NO3/c1-16-11-22-13-26-24-15-25(19-5-7-20(8-6-19)28(30)31)27(32-4)14-21(24)9-10-29(26)18(3)23(22)12-17(16)2/h5-15H,1-4H3/p+1. The Morgan fingerprint density at radius 2 is 1.56 bits per heavy atom. The molecule has 0 saturated carbocycles. The van der Waals surface area contributed by atoms with Crippen LogP contribution in [-0.2, 0) is 0 Å². The second-order valence-electron chi connectivity index (χ2n) is 8.35. The van der Waals surface area contributed by atoms with Crippen molar-refractivity contribution in [1.29, 1.82) is 0 Å². The summed E-state index contributed by atoms with van der Waals surface area (Å²) in [5.41, 5.74) is 7.01. The number of aryl methyl sites for hydroxylation is 3. The van der Waals surface area contributed by atoms with E-state index in [1.165, 1.54) is 27.6 Å². The largest absolute Gasteiger partial charge is 0.496 e. The van der Waals surface area contributed by atoms with Crippen molar-refractivity contribution in [2.75, 3.05) is 7.11 Å². The van der Waals surface area contributed by atoms with Gasteiger partial charge < -0.3 is 9.84 Å². The molecule has 0 atom stereocenters. The number of nitrogens with zero attached hydrogens (tertiary/aromatic N) is 1. The first-order valence-electron chi connectivity index (χ1n) is 10.6. The molecule has 1 N–H and O–H groups in total. The minimum absolute atomic E-state index is 0.266. The second kappa shape index (κ2) is 7.34. The third-order valence-electron chi connectivity index (χ3n) is 6.46. The zero-order valence-electron chi connectivity index (χ0n) is 18.6. The van der Waals surface area contributed by atoms with Gasteiger partial charge in [-0.2, -0.15) is 4.40 Å². The Morgan fingerprint density at radius 3 is 2.25 bits per heavy atom. The van der Waals surface area contributed by atoms with Crippen LogP contribution < -0.4 is 9.14 Å². The SMILES string of the molecule is COc1cc2cc[n+]3c(C)c4cc(C)c(C)cc4cc3c2cc1-c1ccc(C(=O)O)cc1. The number of methoxy groups -OCH3 is 1. The highest BCUT2D eigenvalue weighted by Gasteiger charge is 2.18. The van der Waals surface area contributed by atoms with Crippen LogP contribution in [0, 0.1) is 20.8 Å². The fraction of sp³-hybridized carbons (Fsp3) is 0.143. The van der Waals surface area contributed by atoms with Crippen LogP contribution in [0.2, 0.25) is 0 Å². The number of hydrogen-bond donors (Lipinski definition) is 1. The quantitative estimate of drug-likeness (QED) is 0.219. The van der Waals surface area contributed by atoms with Crippen LogP contribution in [-0.4, -0.2) is 18.2 Å². The highest BCUT2D eigenvalue weighted by Crippen LogP contribution is 2.36. The molecule has 3 aromatic carbocycles. The topological polar surface area (TPSA) is 50.6 Å². The van der Waals surface area contributed by atoms with Crippen molar-refractivity contribution in [3.63, 3.8) is 0 Å². The number of carboxylic acids is 1. The van der Waals surface area contributed by atoms with Gasteiger partial charge in [0, 0.05) is 30.0 Å². The summed E-state index contributed by atoms with van der Waals surface area (Å²) in [5.74, 6) is -0.175. The molecule has 0 aliphatic carbocycles. The highest BCUT2D eigenvalue weighted by atomic mass is 16.5. The fourth-order valence-corrected chi connectivity index (χ4v) is 4.50. The third kappa shape index (κ3) is 3.07. The summed E-state index contributed by atoms with van der Waals surface area (Å²) in [6.45, 7) is 6.46. The van der Waals surface area contributed by atoms with E-state index in [0.717, 1.165) is 33.2 Å². The molecule has 0 radical (unpaired) electrons. The number of benzene rings is 3. The lowest BCUT2D eigenvalue weighted by Gasteiger charge is -2.12. The first-order chi connectivity index (χ1) is 15.4. The Hall–Kier alpha value is -3.92. The summed E-state index contributed by atoms with van der Waals surface area (Å²) in [6.07, 6.45) is 2.11. The minimum atomic E-state index is -0.933. The lowest BCUT2D eigenvalue weighted by Crippen LogP contribution is -2.25. The first-order valence-corrected chi connectivity index (χ1v) is 10.6. The van der Waals surface area contributed by atoms with Crippen molar-refractivity contribution in [1.82, 2.24) is 0 Å². The number of ether oxygens (including phenoxy) is 1. The molecule has 2 aromatic heterocycles. The molecule has 0 amide bonds. The van der Waals surface area contributed by atoms with Gasteiger partial charge in [0.15, 0.2) is 11.9 Å². The van der Waals surface area contributed by atoms with Gasteiger partial charge in [-0.3, -0.25) is 0 Å². The van der Waals surface area contributed by atoms with E-state index in [1.807, 2.05) is 12.1 Å². The van der Waals surface area contributed by atoms with Gasteiger partial charge in [-0.1, -0.05) is 18.2 Å². The van der Waals surface area contributed by atoms with Crippen LogP contribution in [0.1, 0.15) is 27.2 Å². The van der Waals surface area contributed by atoms with Crippen molar-refractivity contribution in [3.8, 4) is 16.9 Å². The van der Waals surface area contributed by atoms with E-state index in [4.69, 9.17) is 4.74 Å². The Morgan fingerprint density at radius 1 is 0.844 bits per heavy atom. The molecule has 32 heavy (non-hydrogen) atoms. The van der Waals surface area contributed by atoms with Gasteiger partial charge in [0.1, 0.15) is 5.75 Å². The van der Waals surface area contributed by atoms with Gasteiger partial charge in [-0.15, -0.1) is 0 Å². The molecule has 0 unspecified atom stereocenters. The number of fused-ring (bicyclic) bond motifs is 4. The summed E-state index contributed by atoms with van der Waals surface area (Å²) < 4.78 is 7.94. The van der Waals surface area contributed by atoms with Crippen LogP contribution in [0.4, 0.5) is 0 Å². The number of aromatic carboxylic acids is 1. The molecule has 5 aromatic rings. The maximum Gasteiger partial charge on any atom is 0.335 e. The van der Waals surface area contributed by atoms with Crippen LogP contribution >= 0.6 is 0 Å². The van der Waals surface area contributed by atoms with E-state index in [2.05, 4.69) is 67.8 Å². The van der Waals surface area contributed by atoms with E-state index < -0.39 is 5.97 Å². The van der Waals surface area contributed by atoms with Gasteiger partial charge >= 0.3 is 5.97 Å². The zero-order chi connectivity index (χ0) is 22.6. The molecular formula is C28H24NO3+. The average molecular weight is 423 g/mol. The molecule has 0 aliphatic rings. The van der Waals surface area contributed by atoms with E-state index in [0.29, 0.717) is 0 Å². The van der Waals surface area contributed by atoms with E-state index >= 15 is 0 Å². The summed E-state index contributed by atoms with van der Waals surface area (Å²) in [7, 11) is 1.66. The summed E-state index contributed by atoms with van der Waals surface area (Å²) in [4.78, 5) is 11.2. The number of carbonyl (C=O) groups is 1. The molecule has 158 valence electrons. The summed E-state index contributed by atoms with van der Waals surface area (Å²) in [6, 6.07) is 20.0. The minimum Gasteiger partial charge on any atom is -0.496 e. The predicted octanol–water partition coefficient (Wildman–Crippen LogP) is 6.03. The molecule has 4 nitrogen and oxygen atoms in total. The molecule has 2 heterocycles. The Kier molecular flexibility index (Phi) is 4.59. The third-order valence-corrected chi connectivity index (χ3v) is 6.46. The van der Waals surface area contributed by atoms with Crippen molar-refractivity contribution in [3.05, 3.63) is 89.2 Å². The summed E-state index contributed by atoms with van der Waals surface area (Å²) in [5, 5.41) is 13.9. The number of carboxylic acid groups (broad SMARTS) is 1. The monoisotopic (exact) mass is 422 g/mol. The van der Waals surface area contributed by atoms with Crippen LogP contribution in [0.3, 0.4) is 0 Å². The fourth-order valence-electron chi connectivity index (χ4n) is 4.50. The molecule has 0 fully saturated rings. The lowest BCUT2D eigenvalue weighted by atomic mass is 9.97. The molecular weight excluding hydrogens is 398 g/mol. The smallest absolute Gasteiger partial charge is 0.335 e. The van der Waals surface area contributed by atoms with Crippen LogP contribution in [0.5, 0.6) is 5.75 Å². The normalized spacial score (nSPS) is 11.4. The van der Waals surface area contributed by atoms with E-state index in [1.54, 1.807) is 19.2 Å². The van der Waals surface area contributed by atoms with E-state index in [-0.39, 0.29) is 5.56 Å². The highest BCUT2D eigenvalue weighted by molar-refractivity contribution is 6.01. The van der Waals surface area contributed by atoms with Crippen molar-refractivity contribution >= 4 is 33.0 Å². The molecule has 0 bridgehead atoms. The zero-order valence-corrected chi connectivity index (χ0v) is 18.6. The first kappa shape index (κ1) is 20.0. The Labute approximate surface area is 186 Å². The Bertz CT molecular complexity index is 1550. The van der Waals surface area contributed by atoms with Crippen molar-refractivity contribution in [2.45, 2.75) is 20.8 Å². The Balaban J connectivity index is 1.83. The number of hydrogen-bond acceptors (Lipinski definition) is 2. The molecule has 0 saturated heterocycles. The second-order valence-corrected chi connectivity index (χ2v) is 8.35.